The van der Waals surface area contributed by atoms with Crippen molar-refractivity contribution in [2.45, 2.75) is 0 Å². The van der Waals surface area contributed by atoms with Gasteiger partial charge in [-0.3, -0.25) is 0 Å². The highest BCUT2D eigenvalue weighted by Gasteiger charge is 2.49. The lowest BCUT2D eigenvalue weighted by atomic mass is 9.32. The molecule has 0 saturated heterocycles. The molecule has 0 aliphatic carbocycles. The SMILES string of the molecule is C=C/C=C\C=C\c1ccc2c(c1C#N)N(c1c(-c3ccccc3)cc(-c3ccccc3)cc1-c1ccccc1)c1c(C#N)cc(C#N)c3c1B2c1ccc(-c2ccccc2)c(C#N)c1N3c1c(-c2ccccc2)cc(-c2ccccc2)cc1-c1ccccc1. The lowest BCUT2D eigenvalue weighted by Crippen LogP contribution is -2.62. The molecule has 0 radical (unpaired) electrons. The smallest absolute Gasteiger partial charge is 0.252 e. The molecule has 412 valence electrons. The van der Waals surface area contributed by atoms with Crippen molar-refractivity contribution < 1.29 is 0 Å². The Morgan fingerprint density at radius 3 is 1.01 bits per heavy atom. The summed E-state index contributed by atoms with van der Waals surface area (Å²) in [5, 5.41) is 48.6. The fourth-order valence-electron chi connectivity index (χ4n) is 13.2. The van der Waals surface area contributed by atoms with Gasteiger partial charge in [0.15, 0.2) is 0 Å². The van der Waals surface area contributed by atoms with Crippen LogP contribution in [0.4, 0.5) is 34.1 Å². The lowest BCUT2D eigenvalue weighted by molar-refractivity contribution is 1.22. The first-order valence-electron chi connectivity index (χ1n) is 29.5. The number of hydrogen-bond acceptors (Lipinski definition) is 6. The predicted octanol–water partition coefficient (Wildman–Crippen LogP) is 18.7. The summed E-state index contributed by atoms with van der Waals surface area (Å²) in [5.74, 6) is 0. The van der Waals surface area contributed by atoms with Gasteiger partial charge in [0.2, 0.25) is 0 Å². The molecule has 0 N–H and O–H groups in total. The molecule has 0 fully saturated rings. The first-order valence-corrected chi connectivity index (χ1v) is 29.5. The zero-order chi connectivity index (χ0) is 60.4. The molecule has 0 amide bonds. The number of nitrogens with zero attached hydrogens (tertiary/aromatic N) is 6. The third kappa shape index (κ3) is 9.47. The average Bonchev–Trinajstić information content (AvgIpc) is 0.692. The molecule has 14 rings (SSSR count). The van der Waals surface area contributed by atoms with Crippen molar-refractivity contribution in [2.24, 2.45) is 0 Å². The second-order valence-electron chi connectivity index (χ2n) is 21.9. The monoisotopic (exact) mass is 1130 g/mol. The third-order valence-corrected chi connectivity index (χ3v) is 17.0. The van der Waals surface area contributed by atoms with Gasteiger partial charge in [0.25, 0.3) is 6.71 Å². The van der Waals surface area contributed by atoms with E-state index in [2.05, 4.69) is 150 Å². The quantitative estimate of drug-likeness (QED) is 0.0892. The van der Waals surface area contributed by atoms with Crippen LogP contribution in [0.25, 0.3) is 84.0 Å². The van der Waals surface area contributed by atoms with Gasteiger partial charge in [-0.15, -0.1) is 0 Å². The molecule has 0 spiro atoms. The van der Waals surface area contributed by atoms with Gasteiger partial charge in [0.05, 0.1) is 56.4 Å². The summed E-state index contributed by atoms with van der Waals surface area (Å²) in [5.41, 5.74) is 20.2. The second-order valence-corrected chi connectivity index (χ2v) is 21.9. The molecule has 7 heteroatoms. The van der Waals surface area contributed by atoms with Crippen LogP contribution >= 0.6 is 0 Å². The molecule has 0 saturated carbocycles. The molecule has 6 nitrogen and oxygen atoms in total. The lowest BCUT2D eigenvalue weighted by Gasteiger charge is -2.47. The molecule has 0 bridgehead atoms. The highest BCUT2D eigenvalue weighted by atomic mass is 15.2. The molecule has 12 aromatic carbocycles. The van der Waals surface area contributed by atoms with Crippen LogP contribution in [-0.2, 0) is 0 Å². The van der Waals surface area contributed by atoms with Gasteiger partial charge in [-0.05, 0) is 102 Å². The Labute approximate surface area is 519 Å². The molecule has 89 heavy (non-hydrogen) atoms. The Balaban J connectivity index is 1.22. The fraction of sp³-hybridized carbons (Fsp3) is 0. The van der Waals surface area contributed by atoms with E-state index in [1.54, 1.807) is 12.1 Å². The molecule has 0 aromatic heterocycles. The van der Waals surface area contributed by atoms with Crippen LogP contribution in [0.3, 0.4) is 0 Å². The maximum atomic E-state index is 12.2. The molecular weight excluding hydrogens is 1080 g/mol. The second kappa shape index (κ2) is 23.5. The van der Waals surface area contributed by atoms with Gasteiger partial charge in [-0.1, -0.05) is 274 Å². The summed E-state index contributed by atoms with van der Waals surface area (Å²) in [6.45, 7) is 3.14. The van der Waals surface area contributed by atoms with Crippen LogP contribution in [0.1, 0.15) is 27.8 Å². The van der Waals surface area contributed by atoms with Crippen molar-refractivity contribution in [1.82, 2.24) is 0 Å². The van der Waals surface area contributed by atoms with Crippen molar-refractivity contribution in [3.05, 3.63) is 326 Å². The standard InChI is InChI=1S/C82H51BN6/c1-2-3-4-12-41-62-42-44-74-81(72(62)53-86)88(79-68(58-33-19-8-20-34-58)47-63(55-27-13-5-14-28-55)48-69(79)59-35-21-9-22-36-59)77-65(51-84)46-66(52-85)78-76(77)83(74)75-45-43-67(57-31-17-7-18-32-57)73(54-87)82(75)89(78)80-70(60-37-23-10-24-38-60)49-64(56-29-15-6-16-30-56)50-71(80)61-39-25-11-26-40-61/h2-50H,1H2/b4-3-,41-12+. The highest BCUT2D eigenvalue weighted by Crippen LogP contribution is 2.57. The average molecular weight is 1130 g/mol. The summed E-state index contributed by atoms with van der Waals surface area (Å²) in [6, 6.07) is 101. The molecule has 12 aromatic rings. The van der Waals surface area contributed by atoms with Crippen LogP contribution in [0.5, 0.6) is 0 Å². The van der Waals surface area contributed by atoms with E-state index in [0.29, 0.717) is 50.5 Å². The van der Waals surface area contributed by atoms with Gasteiger partial charge < -0.3 is 9.80 Å². The van der Waals surface area contributed by atoms with E-state index in [9.17, 15) is 21.0 Å². The van der Waals surface area contributed by atoms with E-state index < -0.39 is 6.71 Å². The van der Waals surface area contributed by atoms with Gasteiger partial charge in [-0.25, -0.2) is 0 Å². The summed E-state index contributed by atoms with van der Waals surface area (Å²) in [7, 11) is 0. The Kier molecular flexibility index (Phi) is 14.4. The van der Waals surface area contributed by atoms with Crippen LogP contribution in [0.15, 0.2) is 298 Å². The fourth-order valence-corrected chi connectivity index (χ4v) is 13.2. The number of nitriles is 4. The zero-order valence-corrected chi connectivity index (χ0v) is 48.3. The minimum absolute atomic E-state index is 0.232. The van der Waals surface area contributed by atoms with Crippen molar-refractivity contribution in [2.75, 3.05) is 9.80 Å². The minimum Gasteiger partial charge on any atom is -0.307 e. The number of benzene rings is 12. The maximum Gasteiger partial charge on any atom is 0.252 e. The molecule has 0 atom stereocenters. The molecule has 2 aliphatic heterocycles. The van der Waals surface area contributed by atoms with Crippen molar-refractivity contribution in [3.63, 3.8) is 0 Å². The highest BCUT2D eigenvalue weighted by molar-refractivity contribution is 7.00. The van der Waals surface area contributed by atoms with E-state index in [1.165, 1.54) is 0 Å². The Morgan fingerprint density at radius 1 is 0.303 bits per heavy atom. The number of allylic oxidation sites excluding steroid dienone is 4. The topological polar surface area (TPSA) is 102 Å². The van der Waals surface area contributed by atoms with Gasteiger partial charge >= 0.3 is 0 Å². The number of fused-ring (bicyclic) bond motifs is 4. The van der Waals surface area contributed by atoms with E-state index in [0.717, 1.165) is 94.6 Å². The minimum atomic E-state index is -0.756. The first kappa shape index (κ1) is 54.4. The van der Waals surface area contributed by atoms with E-state index in [-0.39, 0.29) is 11.1 Å². The predicted molar refractivity (Wildman–Crippen MR) is 366 cm³/mol. The summed E-state index contributed by atoms with van der Waals surface area (Å²) in [6.07, 6.45) is 9.26. The van der Waals surface area contributed by atoms with Crippen molar-refractivity contribution >= 4 is 63.3 Å². The van der Waals surface area contributed by atoms with Crippen LogP contribution in [0.2, 0.25) is 0 Å². The first-order chi connectivity index (χ1) is 44.0. The van der Waals surface area contributed by atoms with Crippen LogP contribution in [-0.4, -0.2) is 6.71 Å². The Morgan fingerprint density at radius 2 is 0.652 bits per heavy atom. The van der Waals surface area contributed by atoms with Crippen molar-refractivity contribution in [1.29, 1.82) is 21.0 Å². The van der Waals surface area contributed by atoms with E-state index in [1.807, 2.05) is 176 Å². The molecule has 2 aliphatic rings. The number of hydrogen-bond donors (Lipinski definition) is 0. The Bertz CT molecular complexity index is 4880. The van der Waals surface area contributed by atoms with Gasteiger partial charge in [-0.2, -0.15) is 21.0 Å². The summed E-state index contributed by atoms with van der Waals surface area (Å²) < 4.78 is 0. The van der Waals surface area contributed by atoms with Crippen molar-refractivity contribution in [3.8, 4) is 102 Å². The van der Waals surface area contributed by atoms with E-state index in [4.69, 9.17) is 0 Å². The normalized spacial score (nSPS) is 11.9. The zero-order valence-electron chi connectivity index (χ0n) is 48.3. The summed E-state index contributed by atoms with van der Waals surface area (Å²) in [4.78, 5) is 4.35. The van der Waals surface area contributed by atoms with Gasteiger partial charge in [0.1, 0.15) is 24.3 Å². The molecular formula is C82H51BN6. The van der Waals surface area contributed by atoms with Gasteiger partial charge in [0, 0.05) is 27.8 Å². The summed E-state index contributed by atoms with van der Waals surface area (Å²) >= 11 is 0. The van der Waals surface area contributed by atoms with Crippen LogP contribution in [0, 0.1) is 45.3 Å². The third-order valence-electron chi connectivity index (χ3n) is 17.0. The van der Waals surface area contributed by atoms with Crippen LogP contribution < -0.4 is 26.2 Å². The largest absolute Gasteiger partial charge is 0.307 e. The Hall–Kier alpha value is -12.5. The molecule has 0 unspecified atom stereocenters. The number of rotatable bonds is 12. The number of anilines is 6. The molecule has 2 heterocycles. The van der Waals surface area contributed by atoms with E-state index >= 15 is 0 Å². The maximum absolute atomic E-state index is 12.2.